The summed E-state index contributed by atoms with van der Waals surface area (Å²) in [7, 11) is 0. The lowest BCUT2D eigenvalue weighted by molar-refractivity contribution is 0.112. The van der Waals surface area contributed by atoms with Gasteiger partial charge in [0.1, 0.15) is 0 Å². The van der Waals surface area contributed by atoms with Gasteiger partial charge in [-0.05, 0) is 24.7 Å². The Kier molecular flexibility index (Phi) is 8.53. The molecule has 1 nitrogen and oxygen atoms in total. The molecule has 1 atom stereocenters. The molecular formula is C12H26O. The van der Waals surface area contributed by atoms with E-state index in [0.717, 1.165) is 25.0 Å². The summed E-state index contributed by atoms with van der Waals surface area (Å²) in [4.78, 5) is 0. The van der Waals surface area contributed by atoms with E-state index < -0.39 is 0 Å². The lowest BCUT2D eigenvalue weighted by Crippen LogP contribution is -2.08. The summed E-state index contributed by atoms with van der Waals surface area (Å²) < 4.78 is 5.56. The SMILES string of the molecule is CCCCCOCC[C@@H](C)C(C)C. The van der Waals surface area contributed by atoms with E-state index in [1.807, 2.05) is 0 Å². The smallest absolute Gasteiger partial charge is 0.0468 e. The molecule has 0 spiro atoms. The molecule has 0 amide bonds. The fourth-order valence-electron chi connectivity index (χ4n) is 1.16. The van der Waals surface area contributed by atoms with E-state index in [-0.39, 0.29) is 0 Å². The quantitative estimate of drug-likeness (QED) is 0.523. The highest BCUT2D eigenvalue weighted by atomic mass is 16.5. The molecule has 1 heteroatoms. The molecule has 0 aromatic rings. The van der Waals surface area contributed by atoms with Crippen molar-refractivity contribution in [3.8, 4) is 0 Å². The zero-order valence-electron chi connectivity index (χ0n) is 9.81. The fourth-order valence-corrected chi connectivity index (χ4v) is 1.16. The second-order valence-corrected chi connectivity index (χ2v) is 4.33. The second kappa shape index (κ2) is 8.55. The summed E-state index contributed by atoms with van der Waals surface area (Å²) in [5.74, 6) is 1.59. The number of unbranched alkanes of at least 4 members (excludes halogenated alkanes) is 2. The second-order valence-electron chi connectivity index (χ2n) is 4.33. The van der Waals surface area contributed by atoms with Crippen molar-refractivity contribution in [1.82, 2.24) is 0 Å². The standard InChI is InChI=1S/C12H26O/c1-5-6-7-9-13-10-8-12(4)11(2)3/h11-12H,5-10H2,1-4H3/t12-/m1/s1. The Hall–Kier alpha value is -0.0400. The fraction of sp³-hybridized carbons (Fsp3) is 1.00. The molecular weight excluding hydrogens is 160 g/mol. The Morgan fingerprint density at radius 2 is 1.69 bits per heavy atom. The van der Waals surface area contributed by atoms with Crippen LogP contribution in [-0.4, -0.2) is 13.2 Å². The Morgan fingerprint density at radius 3 is 2.23 bits per heavy atom. The molecule has 0 saturated heterocycles. The molecule has 0 unspecified atom stereocenters. The van der Waals surface area contributed by atoms with E-state index in [9.17, 15) is 0 Å². The molecule has 0 aliphatic carbocycles. The third-order valence-corrected chi connectivity index (χ3v) is 2.75. The van der Waals surface area contributed by atoms with Gasteiger partial charge in [0, 0.05) is 13.2 Å². The maximum atomic E-state index is 5.56. The van der Waals surface area contributed by atoms with E-state index in [4.69, 9.17) is 4.74 Å². The first-order valence-electron chi connectivity index (χ1n) is 5.76. The van der Waals surface area contributed by atoms with Crippen LogP contribution in [0, 0.1) is 11.8 Å². The van der Waals surface area contributed by atoms with Gasteiger partial charge in [0.2, 0.25) is 0 Å². The van der Waals surface area contributed by atoms with Crippen molar-refractivity contribution in [2.45, 2.75) is 53.4 Å². The summed E-state index contributed by atoms with van der Waals surface area (Å²) in [5.41, 5.74) is 0. The van der Waals surface area contributed by atoms with Crippen molar-refractivity contribution in [1.29, 1.82) is 0 Å². The van der Waals surface area contributed by atoms with Gasteiger partial charge in [-0.1, -0.05) is 40.5 Å². The first kappa shape index (κ1) is 13.0. The number of hydrogen-bond acceptors (Lipinski definition) is 1. The summed E-state index contributed by atoms with van der Waals surface area (Å²) in [6, 6.07) is 0. The largest absolute Gasteiger partial charge is 0.381 e. The molecule has 0 aliphatic rings. The summed E-state index contributed by atoms with van der Waals surface area (Å²) in [6.45, 7) is 11.0. The third-order valence-electron chi connectivity index (χ3n) is 2.75. The Bertz CT molecular complexity index is 99.3. The normalized spacial score (nSPS) is 13.6. The summed E-state index contributed by atoms with van der Waals surface area (Å²) in [6.07, 6.45) is 5.03. The van der Waals surface area contributed by atoms with Crippen LogP contribution in [0.5, 0.6) is 0 Å². The topological polar surface area (TPSA) is 9.23 Å². The average molecular weight is 186 g/mol. The van der Waals surface area contributed by atoms with Crippen LogP contribution < -0.4 is 0 Å². The maximum absolute atomic E-state index is 5.56. The van der Waals surface area contributed by atoms with Crippen molar-refractivity contribution < 1.29 is 4.74 Å². The van der Waals surface area contributed by atoms with Crippen LogP contribution in [0.15, 0.2) is 0 Å². The Balaban J connectivity index is 3.07. The average Bonchev–Trinajstić information content (AvgIpc) is 2.10. The molecule has 0 N–H and O–H groups in total. The van der Waals surface area contributed by atoms with Gasteiger partial charge < -0.3 is 4.74 Å². The van der Waals surface area contributed by atoms with Crippen molar-refractivity contribution in [3.05, 3.63) is 0 Å². The maximum Gasteiger partial charge on any atom is 0.0468 e. The molecule has 0 aromatic heterocycles. The van der Waals surface area contributed by atoms with Crippen molar-refractivity contribution in [3.63, 3.8) is 0 Å². The molecule has 13 heavy (non-hydrogen) atoms. The van der Waals surface area contributed by atoms with Gasteiger partial charge in [0.25, 0.3) is 0 Å². The summed E-state index contributed by atoms with van der Waals surface area (Å²) in [5, 5.41) is 0. The van der Waals surface area contributed by atoms with Crippen LogP contribution in [0.4, 0.5) is 0 Å². The summed E-state index contributed by atoms with van der Waals surface area (Å²) >= 11 is 0. The molecule has 0 aromatic carbocycles. The van der Waals surface area contributed by atoms with E-state index in [1.54, 1.807) is 0 Å². The van der Waals surface area contributed by atoms with Gasteiger partial charge >= 0.3 is 0 Å². The highest BCUT2D eigenvalue weighted by molar-refractivity contribution is 4.56. The van der Waals surface area contributed by atoms with Crippen molar-refractivity contribution in [2.75, 3.05) is 13.2 Å². The van der Waals surface area contributed by atoms with Crippen molar-refractivity contribution >= 4 is 0 Å². The predicted molar refractivity (Wildman–Crippen MR) is 59.0 cm³/mol. The molecule has 0 radical (unpaired) electrons. The van der Waals surface area contributed by atoms with Gasteiger partial charge in [-0.15, -0.1) is 0 Å². The highest BCUT2D eigenvalue weighted by Gasteiger charge is 2.05. The molecule has 0 bridgehead atoms. The zero-order valence-corrected chi connectivity index (χ0v) is 9.81. The monoisotopic (exact) mass is 186 g/mol. The lowest BCUT2D eigenvalue weighted by Gasteiger charge is -2.14. The van der Waals surface area contributed by atoms with Crippen LogP contribution in [0.1, 0.15) is 53.4 Å². The first-order chi connectivity index (χ1) is 6.18. The molecule has 80 valence electrons. The Labute approximate surface area is 83.9 Å². The predicted octanol–water partition coefficient (Wildman–Crippen LogP) is 3.88. The number of hydrogen-bond donors (Lipinski definition) is 0. The van der Waals surface area contributed by atoms with Crippen molar-refractivity contribution in [2.24, 2.45) is 11.8 Å². The molecule has 0 aliphatic heterocycles. The van der Waals surface area contributed by atoms with E-state index in [1.165, 1.54) is 25.7 Å². The number of ether oxygens (including phenoxy) is 1. The van der Waals surface area contributed by atoms with Gasteiger partial charge in [-0.3, -0.25) is 0 Å². The molecule has 0 heterocycles. The van der Waals surface area contributed by atoms with E-state index in [2.05, 4.69) is 27.7 Å². The minimum Gasteiger partial charge on any atom is -0.381 e. The first-order valence-corrected chi connectivity index (χ1v) is 5.76. The van der Waals surface area contributed by atoms with Crippen LogP contribution in [0.3, 0.4) is 0 Å². The van der Waals surface area contributed by atoms with Crippen LogP contribution in [-0.2, 0) is 4.74 Å². The van der Waals surface area contributed by atoms with Gasteiger partial charge in [-0.2, -0.15) is 0 Å². The lowest BCUT2D eigenvalue weighted by atomic mass is 9.95. The minimum absolute atomic E-state index is 0.791. The Morgan fingerprint density at radius 1 is 1.00 bits per heavy atom. The van der Waals surface area contributed by atoms with E-state index in [0.29, 0.717) is 0 Å². The molecule has 0 fully saturated rings. The van der Waals surface area contributed by atoms with Crippen LogP contribution >= 0.6 is 0 Å². The van der Waals surface area contributed by atoms with Crippen LogP contribution in [0.25, 0.3) is 0 Å². The van der Waals surface area contributed by atoms with Gasteiger partial charge in [0.05, 0.1) is 0 Å². The molecule has 0 rings (SSSR count). The highest BCUT2D eigenvalue weighted by Crippen LogP contribution is 2.13. The van der Waals surface area contributed by atoms with E-state index >= 15 is 0 Å². The van der Waals surface area contributed by atoms with Gasteiger partial charge in [0.15, 0.2) is 0 Å². The van der Waals surface area contributed by atoms with Crippen LogP contribution in [0.2, 0.25) is 0 Å². The molecule has 0 saturated carbocycles. The zero-order chi connectivity index (χ0) is 10.1. The van der Waals surface area contributed by atoms with Gasteiger partial charge in [-0.25, -0.2) is 0 Å². The third kappa shape index (κ3) is 8.29. The number of rotatable bonds is 8. The minimum atomic E-state index is 0.791.